The number of amides is 1. The van der Waals surface area contributed by atoms with Gasteiger partial charge in [-0.15, -0.1) is 0 Å². The molecule has 0 aliphatic rings. The number of nitrogens with one attached hydrogen (secondary N) is 2. The Morgan fingerprint density at radius 1 is 1.33 bits per heavy atom. The first-order valence-electron chi connectivity index (χ1n) is 5.60. The van der Waals surface area contributed by atoms with Gasteiger partial charge < -0.3 is 15.3 Å². The highest BCUT2D eigenvalue weighted by atomic mass is 16.1. The summed E-state index contributed by atoms with van der Waals surface area (Å²) in [5.74, 6) is 5.15. The minimum atomic E-state index is -0.0984. The van der Waals surface area contributed by atoms with E-state index in [-0.39, 0.29) is 5.91 Å². The highest BCUT2D eigenvalue weighted by Crippen LogP contribution is 2.07. The summed E-state index contributed by atoms with van der Waals surface area (Å²) in [6.07, 6.45) is 5.28. The molecule has 1 aromatic heterocycles. The number of hydrazine groups is 1. The van der Waals surface area contributed by atoms with E-state index in [9.17, 15) is 4.79 Å². The maximum Gasteiger partial charge on any atom is 0.251 e. The zero-order valence-electron chi connectivity index (χ0n) is 9.84. The number of carbonyl (C=O) groups is 1. The Hall–Kier alpha value is -2.34. The maximum atomic E-state index is 11.8. The molecule has 0 atom stereocenters. The molecule has 1 heterocycles. The normalized spacial score (nSPS) is 10.1. The standard InChI is InChI=1S/C12H15N5O/c13-16-11-3-1-10(2-4-11)12(18)15-6-8-17-7-5-14-9-17/h1-5,7,9,16H,6,8,13H2,(H,15,18). The molecule has 94 valence electrons. The number of aromatic nitrogens is 2. The van der Waals surface area contributed by atoms with E-state index in [1.165, 1.54) is 0 Å². The predicted molar refractivity (Wildman–Crippen MR) is 68.8 cm³/mol. The number of hydrogen-bond acceptors (Lipinski definition) is 4. The van der Waals surface area contributed by atoms with E-state index in [0.717, 1.165) is 5.69 Å². The van der Waals surface area contributed by atoms with E-state index in [1.807, 2.05) is 10.8 Å². The minimum Gasteiger partial charge on any atom is -0.350 e. The highest BCUT2D eigenvalue weighted by Gasteiger charge is 2.04. The predicted octanol–water partition coefficient (Wildman–Crippen LogP) is 0.599. The molecule has 6 nitrogen and oxygen atoms in total. The second-order valence-corrected chi connectivity index (χ2v) is 3.78. The Kier molecular flexibility index (Phi) is 3.93. The number of hydrogen-bond donors (Lipinski definition) is 3. The Labute approximate surface area is 105 Å². The summed E-state index contributed by atoms with van der Waals surface area (Å²) in [5.41, 5.74) is 3.89. The van der Waals surface area contributed by atoms with Crippen LogP contribution in [-0.4, -0.2) is 22.0 Å². The summed E-state index contributed by atoms with van der Waals surface area (Å²) < 4.78 is 1.90. The second kappa shape index (κ2) is 5.83. The van der Waals surface area contributed by atoms with E-state index in [1.54, 1.807) is 36.8 Å². The van der Waals surface area contributed by atoms with Crippen LogP contribution in [0.3, 0.4) is 0 Å². The average molecular weight is 245 g/mol. The smallest absolute Gasteiger partial charge is 0.251 e. The molecule has 1 aromatic carbocycles. The fourth-order valence-electron chi connectivity index (χ4n) is 1.54. The SMILES string of the molecule is NNc1ccc(C(=O)NCCn2ccnc2)cc1. The third-order valence-corrected chi connectivity index (χ3v) is 2.53. The molecule has 0 unspecified atom stereocenters. The Morgan fingerprint density at radius 3 is 2.72 bits per heavy atom. The number of benzene rings is 1. The Bertz CT molecular complexity index is 492. The molecule has 0 fully saturated rings. The van der Waals surface area contributed by atoms with Crippen LogP contribution in [0.15, 0.2) is 43.0 Å². The summed E-state index contributed by atoms with van der Waals surface area (Å²) in [6.45, 7) is 1.26. The average Bonchev–Trinajstić information content (AvgIpc) is 2.92. The molecule has 0 aliphatic carbocycles. The monoisotopic (exact) mass is 245 g/mol. The molecular weight excluding hydrogens is 230 g/mol. The number of anilines is 1. The van der Waals surface area contributed by atoms with Crippen molar-refractivity contribution in [3.63, 3.8) is 0 Å². The van der Waals surface area contributed by atoms with E-state index >= 15 is 0 Å². The van der Waals surface area contributed by atoms with Crippen molar-refractivity contribution in [1.29, 1.82) is 0 Å². The molecule has 6 heteroatoms. The summed E-state index contributed by atoms with van der Waals surface area (Å²) in [7, 11) is 0. The van der Waals surface area contributed by atoms with Gasteiger partial charge in [-0.3, -0.25) is 10.6 Å². The van der Waals surface area contributed by atoms with Crippen molar-refractivity contribution >= 4 is 11.6 Å². The molecule has 2 rings (SSSR count). The van der Waals surface area contributed by atoms with Crippen LogP contribution in [0.4, 0.5) is 5.69 Å². The number of nitrogens with zero attached hydrogens (tertiary/aromatic N) is 2. The lowest BCUT2D eigenvalue weighted by atomic mass is 10.2. The van der Waals surface area contributed by atoms with Crippen molar-refractivity contribution in [2.24, 2.45) is 5.84 Å². The molecule has 0 bridgehead atoms. The molecule has 0 radical (unpaired) electrons. The first kappa shape index (κ1) is 12.1. The summed E-state index contributed by atoms with van der Waals surface area (Å²) >= 11 is 0. The zero-order valence-corrected chi connectivity index (χ0v) is 9.84. The summed E-state index contributed by atoms with van der Waals surface area (Å²) in [4.78, 5) is 15.7. The first-order valence-corrected chi connectivity index (χ1v) is 5.60. The van der Waals surface area contributed by atoms with E-state index in [4.69, 9.17) is 5.84 Å². The third-order valence-electron chi connectivity index (χ3n) is 2.53. The van der Waals surface area contributed by atoms with E-state index in [2.05, 4.69) is 15.7 Å². The fourth-order valence-corrected chi connectivity index (χ4v) is 1.54. The van der Waals surface area contributed by atoms with Crippen molar-refractivity contribution in [3.05, 3.63) is 48.5 Å². The molecule has 0 saturated heterocycles. The van der Waals surface area contributed by atoms with Crippen molar-refractivity contribution in [2.75, 3.05) is 12.0 Å². The number of rotatable bonds is 5. The largest absolute Gasteiger partial charge is 0.350 e. The van der Waals surface area contributed by atoms with E-state index < -0.39 is 0 Å². The molecule has 0 aliphatic heterocycles. The summed E-state index contributed by atoms with van der Waals surface area (Å²) in [5, 5.41) is 2.84. The van der Waals surface area contributed by atoms with Gasteiger partial charge in [0.25, 0.3) is 5.91 Å². The Balaban J connectivity index is 1.83. The third kappa shape index (κ3) is 3.08. The van der Waals surface area contributed by atoms with Gasteiger partial charge in [0, 0.05) is 36.7 Å². The molecule has 2 aromatic rings. The number of imidazole rings is 1. The molecule has 1 amide bonds. The number of nitrogens with two attached hydrogens (primary N) is 1. The van der Waals surface area contributed by atoms with Gasteiger partial charge in [0.15, 0.2) is 0 Å². The number of carbonyl (C=O) groups excluding carboxylic acids is 1. The fraction of sp³-hybridized carbons (Fsp3) is 0.167. The number of nitrogen functional groups attached to an aromatic ring is 1. The molecule has 0 saturated carbocycles. The lowest BCUT2D eigenvalue weighted by Gasteiger charge is -2.06. The summed E-state index contributed by atoms with van der Waals surface area (Å²) in [6, 6.07) is 6.96. The maximum absolute atomic E-state index is 11.8. The van der Waals surface area contributed by atoms with Gasteiger partial charge in [-0.1, -0.05) is 0 Å². The topological polar surface area (TPSA) is 85.0 Å². The van der Waals surface area contributed by atoms with Gasteiger partial charge in [-0.25, -0.2) is 4.98 Å². The van der Waals surface area contributed by atoms with Gasteiger partial charge in [0.05, 0.1) is 6.33 Å². The lowest BCUT2D eigenvalue weighted by Crippen LogP contribution is -2.26. The van der Waals surface area contributed by atoms with Crippen molar-refractivity contribution in [1.82, 2.24) is 14.9 Å². The van der Waals surface area contributed by atoms with Crippen molar-refractivity contribution in [2.45, 2.75) is 6.54 Å². The van der Waals surface area contributed by atoms with Gasteiger partial charge in [-0.2, -0.15) is 0 Å². The van der Waals surface area contributed by atoms with Crippen LogP contribution in [0.1, 0.15) is 10.4 Å². The van der Waals surface area contributed by atoms with Gasteiger partial charge in [0.1, 0.15) is 0 Å². The Morgan fingerprint density at radius 2 is 2.11 bits per heavy atom. The van der Waals surface area contributed by atoms with Gasteiger partial charge in [0.2, 0.25) is 0 Å². The highest BCUT2D eigenvalue weighted by molar-refractivity contribution is 5.94. The molecular formula is C12H15N5O. The van der Waals surface area contributed by atoms with Crippen LogP contribution in [-0.2, 0) is 6.54 Å². The van der Waals surface area contributed by atoms with Crippen LogP contribution >= 0.6 is 0 Å². The molecule has 0 spiro atoms. The lowest BCUT2D eigenvalue weighted by molar-refractivity contribution is 0.0952. The van der Waals surface area contributed by atoms with Crippen molar-refractivity contribution in [3.8, 4) is 0 Å². The minimum absolute atomic E-state index is 0.0984. The van der Waals surface area contributed by atoms with Crippen LogP contribution in [0.2, 0.25) is 0 Å². The van der Waals surface area contributed by atoms with Gasteiger partial charge >= 0.3 is 0 Å². The molecule has 18 heavy (non-hydrogen) atoms. The van der Waals surface area contributed by atoms with Crippen LogP contribution in [0.25, 0.3) is 0 Å². The van der Waals surface area contributed by atoms with E-state index in [0.29, 0.717) is 18.7 Å². The van der Waals surface area contributed by atoms with Crippen LogP contribution in [0, 0.1) is 0 Å². The molecule has 4 N–H and O–H groups in total. The quantitative estimate of drug-likeness (QED) is 0.532. The van der Waals surface area contributed by atoms with Crippen LogP contribution in [0.5, 0.6) is 0 Å². The first-order chi connectivity index (χ1) is 8.79. The van der Waals surface area contributed by atoms with Crippen LogP contribution < -0.4 is 16.6 Å². The van der Waals surface area contributed by atoms with Crippen molar-refractivity contribution < 1.29 is 4.79 Å². The van der Waals surface area contributed by atoms with Gasteiger partial charge in [-0.05, 0) is 24.3 Å². The second-order valence-electron chi connectivity index (χ2n) is 3.78. The zero-order chi connectivity index (χ0) is 12.8.